The number of halogens is 1. The third-order valence-corrected chi connectivity index (χ3v) is 3.33. The molecule has 20 heavy (non-hydrogen) atoms. The number of benzene rings is 1. The Bertz CT molecular complexity index is 556. The van der Waals surface area contributed by atoms with Crippen molar-refractivity contribution < 1.29 is 4.74 Å². The molecule has 1 aromatic heterocycles. The van der Waals surface area contributed by atoms with Crippen molar-refractivity contribution in [3.63, 3.8) is 0 Å². The highest BCUT2D eigenvalue weighted by molar-refractivity contribution is 6.30. The van der Waals surface area contributed by atoms with Crippen LogP contribution in [0.5, 0.6) is 5.75 Å². The zero-order chi connectivity index (χ0) is 14.5. The van der Waals surface area contributed by atoms with Gasteiger partial charge in [0, 0.05) is 23.8 Å². The molecule has 0 bridgehead atoms. The van der Waals surface area contributed by atoms with Gasteiger partial charge in [0.1, 0.15) is 11.9 Å². The highest BCUT2D eigenvalue weighted by Crippen LogP contribution is 2.23. The summed E-state index contributed by atoms with van der Waals surface area (Å²) in [7, 11) is 1.91. The van der Waals surface area contributed by atoms with Gasteiger partial charge in [-0.1, -0.05) is 24.6 Å². The molecule has 1 N–H and O–H groups in total. The van der Waals surface area contributed by atoms with Crippen LogP contribution in [0.3, 0.4) is 0 Å². The van der Waals surface area contributed by atoms with Gasteiger partial charge in [-0.3, -0.25) is 4.68 Å². The van der Waals surface area contributed by atoms with Gasteiger partial charge in [0.25, 0.3) is 0 Å². The van der Waals surface area contributed by atoms with E-state index in [0.29, 0.717) is 5.02 Å². The number of aryl methyl sites for hydroxylation is 1. The summed E-state index contributed by atoms with van der Waals surface area (Å²) < 4.78 is 7.79. The van der Waals surface area contributed by atoms with E-state index in [1.165, 1.54) is 0 Å². The first-order valence-electron chi connectivity index (χ1n) is 6.74. The van der Waals surface area contributed by atoms with Crippen LogP contribution >= 0.6 is 11.6 Å². The van der Waals surface area contributed by atoms with Gasteiger partial charge < -0.3 is 10.1 Å². The second kappa shape index (κ2) is 6.77. The molecule has 0 saturated carbocycles. The van der Waals surface area contributed by atoms with Gasteiger partial charge in [0.05, 0.1) is 12.2 Å². The van der Waals surface area contributed by atoms with E-state index in [1.807, 2.05) is 50.6 Å². The van der Waals surface area contributed by atoms with Crippen molar-refractivity contribution in [1.82, 2.24) is 15.1 Å². The predicted molar refractivity (Wildman–Crippen MR) is 81.2 cm³/mol. The Hall–Kier alpha value is -1.52. The van der Waals surface area contributed by atoms with Crippen LogP contribution in [0.25, 0.3) is 0 Å². The molecule has 1 aromatic carbocycles. The zero-order valence-electron chi connectivity index (χ0n) is 12.0. The van der Waals surface area contributed by atoms with E-state index < -0.39 is 0 Å². The molecule has 5 heteroatoms. The molecule has 2 aromatic rings. The van der Waals surface area contributed by atoms with Gasteiger partial charge in [0.15, 0.2) is 0 Å². The van der Waals surface area contributed by atoms with Crippen LogP contribution in [0, 0.1) is 0 Å². The Morgan fingerprint density at radius 1 is 1.45 bits per heavy atom. The fraction of sp³-hybridized carbons (Fsp3) is 0.400. The lowest BCUT2D eigenvalue weighted by molar-refractivity contribution is 0.171. The van der Waals surface area contributed by atoms with E-state index in [-0.39, 0.29) is 12.1 Å². The molecule has 0 saturated heterocycles. The Balaban J connectivity index is 2.12. The summed E-state index contributed by atoms with van der Waals surface area (Å²) in [6, 6.07) is 7.55. The van der Waals surface area contributed by atoms with Crippen LogP contribution < -0.4 is 10.1 Å². The number of nitrogens with one attached hydrogen (secondary N) is 1. The second-order valence-electron chi connectivity index (χ2n) is 4.76. The van der Waals surface area contributed by atoms with Crippen molar-refractivity contribution in [3.8, 4) is 5.75 Å². The number of ether oxygens (including phenoxy) is 1. The van der Waals surface area contributed by atoms with Crippen molar-refractivity contribution in [2.75, 3.05) is 6.54 Å². The first-order valence-corrected chi connectivity index (χ1v) is 7.12. The molecule has 0 spiro atoms. The molecule has 0 fully saturated rings. The van der Waals surface area contributed by atoms with Crippen molar-refractivity contribution in [2.24, 2.45) is 7.05 Å². The quantitative estimate of drug-likeness (QED) is 0.889. The van der Waals surface area contributed by atoms with Crippen molar-refractivity contribution in [3.05, 3.63) is 47.2 Å². The van der Waals surface area contributed by atoms with Gasteiger partial charge in [-0.15, -0.1) is 0 Å². The minimum atomic E-state index is -0.0300. The molecule has 0 aliphatic heterocycles. The van der Waals surface area contributed by atoms with E-state index in [0.717, 1.165) is 17.9 Å². The Morgan fingerprint density at radius 3 is 2.85 bits per heavy atom. The SMILES string of the molecule is CCNC(c1cnn(C)c1)C(C)Oc1cccc(Cl)c1. The largest absolute Gasteiger partial charge is 0.489 e. The molecule has 0 radical (unpaired) electrons. The maximum atomic E-state index is 5.99. The molecular formula is C15H20ClN3O. The molecule has 1 heterocycles. The highest BCUT2D eigenvalue weighted by Gasteiger charge is 2.21. The van der Waals surface area contributed by atoms with Crippen molar-refractivity contribution in [2.45, 2.75) is 26.0 Å². The monoisotopic (exact) mass is 293 g/mol. The maximum absolute atomic E-state index is 5.99. The van der Waals surface area contributed by atoms with E-state index in [1.54, 1.807) is 4.68 Å². The molecule has 2 unspecified atom stereocenters. The molecule has 0 amide bonds. The molecule has 0 aliphatic carbocycles. The molecule has 2 atom stereocenters. The van der Waals surface area contributed by atoms with Crippen molar-refractivity contribution >= 4 is 11.6 Å². The molecular weight excluding hydrogens is 274 g/mol. The van der Waals surface area contributed by atoms with Crippen LogP contribution in [0.15, 0.2) is 36.7 Å². The first-order chi connectivity index (χ1) is 9.60. The number of rotatable bonds is 6. The van der Waals surface area contributed by atoms with E-state index in [2.05, 4.69) is 17.3 Å². The van der Waals surface area contributed by atoms with Gasteiger partial charge in [-0.25, -0.2) is 0 Å². The van der Waals surface area contributed by atoms with Gasteiger partial charge in [-0.05, 0) is 31.7 Å². The van der Waals surface area contributed by atoms with Gasteiger partial charge in [0.2, 0.25) is 0 Å². The number of nitrogens with zero attached hydrogens (tertiary/aromatic N) is 2. The summed E-state index contributed by atoms with van der Waals surface area (Å²) in [5, 5.41) is 8.34. The smallest absolute Gasteiger partial charge is 0.121 e. The number of hydrogen-bond donors (Lipinski definition) is 1. The fourth-order valence-corrected chi connectivity index (χ4v) is 2.38. The Kier molecular flexibility index (Phi) is 5.04. The van der Waals surface area contributed by atoms with Crippen LogP contribution in [0.4, 0.5) is 0 Å². The van der Waals surface area contributed by atoms with Gasteiger partial charge in [-0.2, -0.15) is 5.10 Å². The molecule has 108 valence electrons. The fourth-order valence-electron chi connectivity index (χ4n) is 2.20. The highest BCUT2D eigenvalue weighted by atomic mass is 35.5. The number of hydrogen-bond acceptors (Lipinski definition) is 3. The normalized spacial score (nSPS) is 14.0. The zero-order valence-corrected chi connectivity index (χ0v) is 12.8. The summed E-state index contributed by atoms with van der Waals surface area (Å²) in [6.07, 6.45) is 3.84. The van der Waals surface area contributed by atoms with E-state index >= 15 is 0 Å². The molecule has 2 rings (SSSR count). The molecule has 4 nitrogen and oxygen atoms in total. The third-order valence-electron chi connectivity index (χ3n) is 3.10. The predicted octanol–water partition coefficient (Wildman–Crippen LogP) is 3.19. The minimum Gasteiger partial charge on any atom is -0.489 e. The van der Waals surface area contributed by atoms with Crippen LogP contribution in [-0.2, 0) is 7.05 Å². The maximum Gasteiger partial charge on any atom is 0.121 e. The second-order valence-corrected chi connectivity index (χ2v) is 5.20. The summed E-state index contributed by atoms with van der Waals surface area (Å²) in [5.41, 5.74) is 1.11. The van der Waals surface area contributed by atoms with Crippen LogP contribution in [0.1, 0.15) is 25.5 Å². The topological polar surface area (TPSA) is 39.1 Å². The summed E-state index contributed by atoms with van der Waals surface area (Å²) >= 11 is 5.98. The van der Waals surface area contributed by atoms with Gasteiger partial charge >= 0.3 is 0 Å². The average molecular weight is 294 g/mol. The van der Waals surface area contributed by atoms with Crippen molar-refractivity contribution in [1.29, 1.82) is 0 Å². The number of aromatic nitrogens is 2. The summed E-state index contributed by atoms with van der Waals surface area (Å²) in [5.74, 6) is 0.775. The third kappa shape index (κ3) is 3.74. The standard InChI is InChI=1S/C15H20ClN3O/c1-4-17-15(12-9-18-19(3)10-12)11(2)20-14-7-5-6-13(16)8-14/h5-11,15,17H,4H2,1-3H3. The summed E-state index contributed by atoms with van der Waals surface area (Å²) in [6.45, 7) is 4.99. The first kappa shape index (κ1) is 14.9. The van der Waals surface area contributed by atoms with Crippen LogP contribution in [-0.4, -0.2) is 22.4 Å². The Morgan fingerprint density at radius 2 is 2.25 bits per heavy atom. The lowest BCUT2D eigenvalue weighted by atomic mass is 10.1. The van der Waals surface area contributed by atoms with E-state index in [9.17, 15) is 0 Å². The molecule has 0 aliphatic rings. The lowest BCUT2D eigenvalue weighted by Crippen LogP contribution is -2.33. The summed E-state index contributed by atoms with van der Waals surface area (Å²) in [4.78, 5) is 0. The lowest BCUT2D eigenvalue weighted by Gasteiger charge is -2.25. The van der Waals surface area contributed by atoms with E-state index in [4.69, 9.17) is 16.3 Å². The minimum absolute atomic E-state index is 0.0300. The number of likely N-dealkylation sites (N-methyl/N-ethyl adjacent to an activating group) is 1. The Labute approximate surface area is 124 Å². The average Bonchev–Trinajstić information content (AvgIpc) is 2.82. The van der Waals surface area contributed by atoms with Crippen LogP contribution in [0.2, 0.25) is 5.02 Å².